The van der Waals surface area contributed by atoms with Gasteiger partial charge in [-0.2, -0.15) is 0 Å². The van der Waals surface area contributed by atoms with Crippen molar-refractivity contribution in [1.82, 2.24) is 9.97 Å². The third-order valence-corrected chi connectivity index (χ3v) is 5.11. The van der Waals surface area contributed by atoms with Crippen LogP contribution in [0.2, 0.25) is 0 Å². The minimum atomic E-state index is 0.660. The molecule has 2 aliphatic rings. The summed E-state index contributed by atoms with van der Waals surface area (Å²) in [5.41, 5.74) is 2.66. The predicted octanol–water partition coefficient (Wildman–Crippen LogP) is 2.64. The number of thioether (sulfide) groups is 1. The number of anilines is 2. The third-order valence-electron chi connectivity index (χ3n) is 4.56. The van der Waals surface area contributed by atoms with Crippen LogP contribution in [0.4, 0.5) is 11.6 Å². The van der Waals surface area contributed by atoms with Gasteiger partial charge < -0.3 is 10.3 Å². The minimum absolute atomic E-state index is 0.660. The molecule has 1 aromatic rings. The van der Waals surface area contributed by atoms with E-state index in [9.17, 15) is 0 Å². The highest BCUT2D eigenvalue weighted by molar-refractivity contribution is 7.98. The monoisotopic (exact) mass is 293 g/mol. The minimum Gasteiger partial charge on any atom is -0.353 e. The summed E-state index contributed by atoms with van der Waals surface area (Å²) in [4.78, 5) is 11.6. The zero-order valence-electron chi connectivity index (χ0n) is 12.0. The van der Waals surface area contributed by atoms with E-state index >= 15 is 0 Å². The fraction of sp³-hybridized carbons (Fsp3) is 0.714. The second-order valence-electron chi connectivity index (χ2n) is 5.69. The number of hydrazine groups is 1. The van der Waals surface area contributed by atoms with Crippen LogP contribution >= 0.6 is 11.8 Å². The van der Waals surface area contributed by atoms with Crippen LogP contribution in [0.1, 0.15) is 38.5 Å². The average molecular weight is 293 g/mol. The maximum absolute atomic E-state index is 5.54. The number of nitrogens with two attached hydrogens (primary N) is 1. The van der Waals surface area contributed by atoms with Gasteiger partial charge in [-0.25, -0.2) is 15.8 Å². The lowest BCUT2D eigenvalue weighted by atomic mass is 9.78. The number of hydrogen-bond donors (Lipinski definition) is 2. The van der Waals surface area contributed by atoms with Crippen LogP contribution in [-0.4, -0.2) is 28.8 Å². The number of aromatic nitrogens is 2. The highest BCUT2D eigenvalue weighted by Gasteiger charge is 2.34. The molecular formula is C14H23N5S. The molecule has 0 radical (unpaired) electrons. The number of hydrogen-bond acceptors (Lipinski definition) is 6. The molecule has 3 N–H and O–H groups in total. The van der Waals surface area contributed by atoms with Gasteiger partial charge >= 0.3 is 0 Å². The van der Waals surface area contributed by atoms with Gasteiger partial charge in [-0.1, -0.05) is 24.6 Å². The van der Waals surface area contributed by atoms with Crippen LogP contribution in [0.25, 0.3) is 0 Å². The Labute approximate surface area is 124 Å². The van der Waals surface area contributed by atoms with E-state index in [1.54, 1.807) is 11.8 Å². The third kappa shape index (κ3) is 2.72. The van der Waals surface area contributed by atoms with Crippen molar-refractivity contribution in [3.05, 3.63) is 6.07 Å². The molecule has 110 valence electrons. The number of fused-ring (bicyclic) bond motifs is 1. The molecule has 1 aliphatic carbocycles. The maximum atomic E-state index is 5.54. The van der Waals surface area contributed by atoms with E-state index in [1.165, 1.54) is 38.5 Å². The van der Waals surface area contributed by atoms with Gasteiger partial charge in [0.05, 0.1) is 0 Å². The molecule has 0 unspecified atom stereocenters. The van der Waals surface area contributed by atoms with E-state index in [4.69, 9.17) is 10.8 Å². The van der Waals surface area contributed by atoms with Crippen LogP contribution in [0, 0.1) is 5.92 Å². The van der Waals surface area contributed by atoms with Crippen molar-refractivity contribution in [2.24, 2.45) is 11.8 Å². The highest BCUT2D eigenvalue weighted by atomic mass is 32.2. The van der Waals surface area contributed by atoms with Gasteiger partial charge in [0.25, 0.3) is 0 Å². The molecule has 1 aliphatic heterocycles. The molecule has 3 rings (SSSR count). The van der Waals surface area contributed by atoms with E-state index in [-0.39, 0.29) is 0 Å². The average Bonchev–Trinajstić information content (AvgIpc) is 2.53. The van der Waals surface area contributed by atoms with Crippen LogP contribution in [0.15, 0.2) is 11.2 Å². The summed E-state index contributed by atoms with van der Waals surface area (Å²) in [6.45, 7) is 1.11. The Morgan fingerprint density at radius 2 is 2.05 bits per heavy atom. The van der Waals surface area contributed by atoms with Crippen molar-refractivity contribution < 1.29 is 0 Å². The smallest absolute Gasteiger partial charge is 0.191 e. The van der Waals surface area contributed by atoms with Gasteiger partial charge in [-0.15, -0.1) is 0 Å². The van der Waals surface area contributed by atoms with Crippen molar-refractivity contribution >= 4 is 23.4 Å². The summed E-state index contributed by atoms with van der Waals surface area (Å²) in [5, 5.41) is 0.786. The molecule has 1 saturated carbocycles. The Morgan fingerprint density at radius 1 is 1.25 bits per heavy atom. The molecule has 20 heavy (non-hydrogen) atoms. The van der Waals surface area contributed by atoms with Gasteiger partial charge in [0.2, 0.25) is 0 Å². The fourth-order valence-electron chi connectivity index (χ4n) is 3.63. The molecule has 1 aromatic heterocycles. The number of nitrogens with one attached hydrogen (secondary N) is 1. The second-order valence-corrected chi connectivity index (χ2v) is 6.46. The van der Waals surface area contributed by atoms with Crippen LogP contribution < -0.4 is 16.2 Å². The standard InChI is InChI=1S/C14H23N5S/c1-20-14-16-12(18-15)9-13(17-14)19-8-4-6-10-5-2-3-7-11(10)19/h9-11H,2-8,15H2,1H3,(H,16,17,18)/t10-,11-/m1/s1. The summed E-state index contributed by atoms with van der Waals surface area (Å²) in [5.74, 6) is 8.12. The lowest BCUT2D eigenvalue weighted by molar-refractivity contribution is 0.242. The lowest BCUT2D eigenvalue weighted by Gasteiger charge is -2.44. The first kappa shape index (κ1) is 13.9. The topological polar surface area (TPSA) is 67.1 Å². The maximum Gasteiger partial charge on any atom is 0.191 e. The molecule has 0 bridgehead atoms. The summed E-state index contributed by atoms with van der Waals surface area (Å²) in [6, 6.07) is 2.64. The van der Waals surface area contributed by atoms with Crippen molar-refractivity contribution in [2.75, 3.05) is 23.1 Å². The number of piperidine rings is 1. The van der Waals surface area contributed by atoms with E-state index in [0.29, 0.717) is 11.9 Å². The van der Waals surface area contributed by atoms with E-state index in [0.717, 1.165) is 23.4 Å². The molecule has 0 amide bonds. The molecule has 0 spiro atoms. The molecule has 2 heterocycles. The Kier molecular flexibility index (Phi) is 4.31. The number of nitrogen functional groups attached to an aromatic ring is 1. The van der Waals surface area contributed by atoms with Gasteiger partial charge in [0.1, 0.15) is 11.6 Å². The van der Waals surface area contributed by atoms with Gasteiger partial charge in [0.15, 0.2) is 5.16 Å². The van der Waals surface area contributed by atoms with Gasteiger partial charge in [-0.05, 0) is 37.9 Å². The second kappa shape index (κ2) is 6.18. The largest absolute Gasteiger partial charge is 0.353 e. The first-order valence-electron chi connectivity index (χ1n) is 7.48. The summed E-state index contributed by atoms with van der Waals surface area (Å²) in [6.07, 6.45) is 10.1. The Bertz CT molecular complexity index is 443. The molecule has 1 saturated heterocycles. The van der Waals surface area contributed by atoms with Gasteiger partial charge in [-0.3, -0.25) is 0 Å². The van der Waals surface area contributed by atoms with E-state index < -0.39 is 0 Å². The molecule has 2 fully saturated rings. The van der Waals surface area contributed by atoms with Crippen molar-refractivity contribution in [3.8, 4) is 0 Å². The summed E-state index contributed by atoms with van der Waals surface area (Å²) >= 11 is 1.56. The number of rotatable bonds is 3. The van der Waals surface area contributed by atoms with Crippen molar-refractivity contribution in [3.63, 3.8) is 0 Å². The molecule has 2 atom stereocenters. The quantitative estimate of drug-likeness (QED) is 0.386. The van der Waals surface area contributed by atoms with Crippen LogP contribution in [-0.2, 0) is 0 Å². The van der Waals surface area contributed by atoms with E-state index in [1.807, 2.05) is 12.3 Å². The SMILES string of the molecule is CSc1nc(NN)cc(N2CCC[C@H]3CCCC[C@H]32)n1. The first-order valence-corrected chi connectivity index (χ1v) is 8.70. The van der Waals surface area contributed by atoms with Crippen LogP contribution in [0.3, 0.4) is 0 Å². The Balaban J connectivity index is 1.90. The number of nitrogens with zero attached hydrogens (tertiary/aromatic N) is 3. The summed E-state index contributed by atoms with van der Waals surface area (Å²) in [7, 11) is 0. The molecule has 0 aromatic carbocycles. The highest BCUT2D eigenvalue weighted by Crippen LogP contribution is 2.37. The van der Waals surface area contributed by atoms with E-state index in [2.05, 4.69) is 15.3 Å². The predicted molar refractivity (Wildman–Crippen MR) is 83.9 cm³/mol. The van der Waals surface area contributed by atoms with Crippen molar-refractivity contribution in [2.45, 2.75) is 49.7 Å². The molecule has 6 heteroatoms. The van der Waals surface area contributed by atoms with Crippen LogP contribution in [0.5, 0.6) is 0 Å². The zero-order valence-corrected chi connectivity index (χ0v) is 12.8. The summed E-state index contributed by atoms with van der Waals surface area (Å²) < 4.78 is 0. The first-order chi connectivity index (χ1) is 9.81. The lowest BCUT2D eigenvalue weighted by Crippen LogP contribution is -2.47. The van der Waals surface area contributed by atoms with Gasteiger partial charge in [0, 0.05) is 18.7 Å². The zero-order chi connectivity index (χ0) is 13.9. The Hall–Kier alpha value is -1.01. The normalized spacial score (nSPS) is 26.2. The molecule has 5 nitrogen and oxygen atoms in total. The molecular weight excluding hydrogens is 270 g/mol. The Morgan fingerprint density at radius 3 is 2.85 bits per heavy atom. The van der Waals surface area contributed by atoms with Crippen molar-refractivity contribution in [1.29, 1.82) is 0 Å². The fourth-order valence-corrected chi connectivity index (χ4v) is 4.01.